The number of hydrogen-bond acceptors (Lipinski definition) is 2. The SMILES string of the molecule is COc1c(C(C)C)cc(Br)c(C)c1CCCC(=O)O. The minimum Gasteiger partial charge on any atom is -0.496 e. The lowest BCUT2D eigenvalue weighted by Crippen LogP contribution is -2.04. The van der Waals surface area contributed by atoms with Crippen LogP contribution in [0.3, 0.4) is 0 Å². The summed E-state index contributed by atoms with van der Waals surface area (Å²) in [7, 11) is 1.68. The molecule has 0 aliphatic rings. The summed E-state index contributed by atoms with van der Waals surface area (Å²) in [5.74, 6) is 0.516. The minimum absolute atomic E-state index is 0.187. The van der Waals surface area contributed by atoms with Crippen molar-refractivity contribution in [2.75, 3.05) is 7.11 Å². The quantitative estimate of drug-likeness (QED) is 0.846. The van der Waals surface area contributed by atoms with E-state index in [4.69, 9.17) is 9.84 Å². The first-order valence-corrected chi connectivity index (χ1v) is 7.25. The van der Waals surface area contributed by atoms with Crippen LogP contribution in [0.25, 0.3) is 0 Å². The van der Waals surface area contributed by atoms with Crippen molar-refractivity contribution >= 4 is 21.9 Å². The molecule has 1 rings (SSSR count). The van der Waals surface area contributed by atoms with E-state index < -0.39 is 5.97 Å². The van der Waals surface area contributed by atoms with Gasteiger partial charge in [0.1, 0.15) is 5.75 Å². The smallest absolute Gasteiger partial charge is 0.303 e. The van der Waals surface area contributed by atoms with Gasteiger partial charge in [0.2, 0.25) is 0 Å². The van der Waals surface area contributed by atoms with Gasteiger partial charge in [-0.2, -0.15) is 0 Å². The van der Waals surface area contributed by atoms with Crippen molar-refractivity contribution in [1.82, 2.24) is 0 Å². The van der Waals surface area contributed by atoms with Gasteiger partial charge in [0.05, 0.1) is 7.11 Å². The lowest BCUT2D eigenvalue weighted by molar-refractivity contribution is -0.137. The fourth-order valence-corrected chi connectivity index (χ4v) is 2.67. The monoisotopic (exact) mass is 328 g/mol. The Labute approximate surface area is 123 Å². The third-order valence-electron chi connectivity index (χ3n) is 3.27. The van der Waals surface area contributed by atoms with E-state index >= 15 is 0 Å². The van der Waals surface area contributed by atoms with Crippen LogP contribution in [0.1, 0.15) is 49.3 Å². The number of carboxylic acid groups (broad SMARTS) is 1. The molecule has 1 aromatic rings. The summed E-state index contributed by atoms with van der Waals surface area (Å²) >= 11 is 3.58. The van der Waals surface area contributed by atoms with E-state index in [0.29, 0.717) is 12.3 Å². The third-order valence-corrected chi connectivity index (χ3v) is 4.10. The Bertz CT molecular complexity index is 467. The van der Waals surface area contributed by atoms with Crippen molar-refractivity contribution in [1.29, 1.82) is 0 Å². The molecule has 19 heavy (non-hydrogen) atoms. The van der Waals surface area contributed by atoms with E-state index in [1.807, 2.05) is 6.92 Å². The molecule has 0 saturated heterocycles. The van der Waals surface area contributed by atoms with E-state index in [2.05, 4.69) is 35.8 Å². The Kier molecular flexibility index (Phi) is 5.85. The molecule has 0 saturated carbocycles. The van der Waals surface area contributed by atoms with Crippen molar-refractivity contribution in [2.24, 2.45) is 0 Å². The van der Waals surface area contributed by atoms with Crippen molar-refractivity contribution in [3.63, 3.8) is 0 Å². The highest BCUT2D eigenvalue weighted by molar-refractivity contribution is 9.10. The van der Waals surface area contributed by atoms with Gasteiger partial charge < -0.3 is 9.84 Å². The first-order valence-electron chi connectivity index (χ1n) is 6.46. The standard InChI is InChI=1S/C15H21BrO3/c1-9(2)12-8-13(16)10(3)11(15(12)19-4)6-5-7-14(17)18/h8-9H,5-7H2,1-4H3,(H,17,18). The molecule has 1 aromatic carbocycles. The van der Waals surface area contributed by atoms with Crippen LogP contribution >= 0.6 is 15.9 Å². The maximum atomic E-state index is 10.6. The fraction of sp³-hybridized carbons (Fsp3) is 0.533. The molecule has 1 N–H and O–H groups in total. The summed E-state index contributed by atoms with van der Waals surface area (Å²) < 4.78 is 6.62. The maximum absolute atomic E-state index is 10.6. The average Bonchev–Trinajstić information content (AvgIpc) is 2.33. The first kappa shape index (κ1) is 16.0. The Hall–Kier alpha value is -1.03. The molecule has 4 heteroatoms. The van der Waals surface area contributed by atoms with E-state index in [1.54, 1.807) is 7.11 Å². The van der Waals surface area contributed by atoms with Crippen molar-refractivity contribution in [3.05, 3.63) is 27.2 Å². The number of carbonyl (C=O) groups is 1. The number of methoxy groups -OCH3 is 1. The predicted molar refractivity (Wildman–Crippen MR) is 80.1 cm³/mol. The Morgan fingerprint density at radius 1 is 1.47 bits per heavy atom. The number of hydrogen-bond donors (Lipinski definition) is 1. The molecule has 0 unspecified atom stereocenters. The van der Waals surface area contributed by atoms with Gasteiger partial charge in [-0.25, -0.2) is 0 Å². The fourth-order valence-electron chi connectivity index (χ4n) is 2.19. The van der Waals surface area contributed by atoms with Gasteiger partial charge >= 0.3 is 5.97 Å². The van der Waals surface area contributed by atoms with Crippen LogP contribution in [0.15, 0.2) is 10.5 Å². The van der Waals surface area contributed by atoms with Crippen LogP contribution < -0.4 is 4.74 Å². The Balaban J connectivity index is 3.15. The number of benzene rings is 1. The lowest BCUT2D eigenvalue weighted by atomic mass is 9.93. The summed E-state index contributed by atoms with van der Waals surface area (Å²) in [6.07, 6.45) is 1.53. The van der Waals surface area contributed by atoms with Crippen LogP contribution in [0.4, 0.5) is 0 Å². The Morgan fingerprint density at radius 2 is 2.11 bits per heavy atom. The topological polar surface area (TPSA) is 46.5 Å². The molecule has 0 atom stereocenters. The van der Waals surface area contributed by atoms with Crippen LogP contribution in [-0.2, 0) is 11.2 Å². The summed E-state index contributed by atoms with van der Waals surface area (Å²) in [6.45, 7) is 6.29. The second-order valence-corrected chi connectivity index (χ2v) is 5.84. The highest BCUT2D eigenvalue weighted by atomic mass is 79.9. The summed E-state index contributed by atoms with van der Waals surface area (Å²) in [5.41, 5.74) is 3.40. The zero-order valence-electron chi connectivity index (χ0n) is 11.9. The van der Waals surface area contributed by atoms with Gasteiger partial charge in [-0.1, -0.05) is 29.8 Å². The zero-order chi connectivity index (χ0) is 14.6. The second kappa shape index (κ2) is 6.94. The van der Waals surface area contributed by atoms with Gasteiger partial charge in [-0.15, -0.1) is 0 Å². The molecule has 0 fully saturated rings. The molecule has 0 amide bonds. The van der Waals surface area contributed by atoms with Crippen molar-refractivity contribution in [3.8, 4) is 5.75 Å². The molecule has 0 spiro atoms. The molecule has 3 nitrogen and oxygen atoms in total. The van der Waals surface area contributed by atoms with E-state index in [0.717, 1.165) is 33.3 Å². The van der Waals surface area contributed by atoms with Crippen molar-refractivity contribution in [2.45, 2.75) is 46.0 Å². The molecule has 0 aliphatic heterocycles. The average molecular weight is 329 g/mol. The zero-order valence-corrected chi connectivity index (χ0v) is 13.5. The highest BCUT2D eigenvalue weighted by Gasteiger charge is 2.17. The number of carboxylic acids is 1. The van der Waals surface area contributed by atoms with Crippen molar-refractivity contribution < 1.29 is 14.6 Å². The number of aliphatic carboxylic acids is 1. The molecule has 0 bridgehead atoms. The van der Waals surface area contributed by atoms with Gasteiger partial charge in [-0.3, -0.25) is 4.79 Å². The molecule has 0 aromatic heterocycles. The van der Waals surface area contributed by atoms with Gasteiger partial charge in [0.25, 0.3) is 0 Å². The molecule has 0 heterocycles. The van der Waals surface area contributed by atoms with Gasteiger partial charge in [0.15, 0.2) is 0 Å². The van der Waals surface area contributed by atoms with E-state index in [9.17, 15) is 4.79 Å². The largest absolute Gasteiger partial charge is 0.496 e. The summed E-state index contributed by atoms with van der Waals surface area (Å²) in [5, 5.41) is 8.74. The van der Waals surface area contributed by atoms with Crippen LogP contribution in [0.2, 0.25) is 0 Å². The van der Waals surface area contributed by atoms with Crippen LogP contribution in [0, 0.1) is 6.92 Å². The predicted octanol–water partition coefficient (Wildman–Crippen LogP) is 4.30. The summed E-state index contributed by atoms with van der Waals surface area (Å²) in [6, 6.07) is 2.10. The first-order chi connectivity index (χ1) is 8.88. The number of halogens is 1. The molecule has 0 radical (unpaired) electrons. The number of rotatable bonds is 6. The van der Waals surface area contributed by atoms with E-state index in [-0.39, 0.29) is 6.42 Å². The third kappa shape index (κ3) is 3.96. The lowest BCUT2D eigenvalue weighted by Gasteiger charge is -2.19. The van der Waals surface area contributed by atoms with Gasteiger partial charge in [-0.05, 0) is 48.4 Å². The second-order valence-electron chi connectivity index (χ2n) is 4.99. The van der Waals surface area contributed by atoms with Crippen LogP contribution in [-0.4, -0.2) is 18.2 Å². The molecule has 106 valence electrons. The maximum Gasteiger partial charge on any atom is 0.303 e. The van der Waals surface area contributed by atoms with Gasteiger partial charge in [0, 0.05) is 10.9 Å². The number of ether oxygens (including phenoxy) is 1. The highest BCUT2D eigenvalue weighted by Crippen LogP contribution is 2.37. The molecule has 0 aliphatic carbocycles. The normalized spacial score (nSPS) is 10.8. The Morgan fingerprint density at radius 3 is 2.58 bits per heavy atom. The molecular weight excluding hydrogens is 308 g/mol. The van der Waals surface area contributed by atoms with Crippen LogP contribution in [0.5, 0.6) is 5.75 Å². The molecular formula is C15H21BrO3. The van der Waals surface area contributed by atoms with E-state index in [1.165, 1.54) is 0 Å². The summed E-state index contributed by atoms with van der Waals surface area (Å²) in [4.78, 5) is 10.6. The minimum atomic E-state index is -0.754.